The van der Waals surface area contributed by atoms with E-state index in [0.717, 1.165) is 12.8 Å². The zero-order chi connectivity index (χ0) is 15.3. The molecule has 22 heavy (non-hydrogen) atoms. The van der Waals surface area contributed by atoms with Gasteiger partial charge >= 0.3 is 30.2 Å². The van der Waals surface area contributed by atoms with Crippen LogP contribution in [0.15, 0.2) is 34.4 Å². The Labute approximate surface area is 169 Å². The maximum absolute atomic E-state index is 3.12. The number of halogens is 2. The SMILES string of the molecule is CC1=C(C)C[C-]=C1.CC1=C(C)C[C-]=C1.C[CH-]C.Cl.Cl.[CH3-].[SiH2]=[Zr]. The molecule has 0 unspecified atom stereocenters. The Bertz CT molecular complexity index is 335. The molecule has 0 aromatic carbocycles. The number of allylic oxidation sites excluding steroid dienone is 8. The fourth-order valence-corrected chi connectivity index (χ4v) is 1.24. The van der Waals surface area contributed by atoms with Crippen LogP contribution in [0, 0.1) is 26.0 Å². The van der Waals surface area contributed by atoms with Crippen LogP contribution in [0.25, 0.3) is 0 Å². The van der Waals surface area contributed by atoms with Gasteiger partial charge in [0.05, 0.1) is 0 Å². The van der Waals surface area contributed by atoms with Crippen LogP contribution in [0.3, 0.4) is 0 Å². The number of hydrogen-bond acceptors (Lipinski definition) is 0. The summed E-state index contributed by atoms with van der Waals surface area (Å²) in [4.78, 5) is 0. The molecule has 0 aliphatic heterocycles. The van der Waals surface area contributed by atoms with Crippen LogP contribution >= 0.6 is 24.8 Å². The minimum atomic E-state index is 0. The van der Waals surface area contributed by atoms with Crippen molar-refractivity contribution in [3.63, 3.8) is 0 Å². The van der Waals surface area contributed by atoms with E-state index in [0.29, 0.717) is 0 Å². The molecular weight excluding hydrogens is 406 g/mol. The van der Waals surface area contributed by atoms with Crippen LogP contribution in [0.4, 0.5) is 0 Å². The molecule has 2 aliphatic rings. The fourth-order valence-electron chi connectivity index (χ4n) is 1.24. The molecule has 0 atom stereocenters. The molecular formula is C18H32Cl2SiZr-4. The molecule has 0 spiro atoms. The first-order valence-corrected chi connectivity index (χ1v) is 12.5. The van der Waals surface area contributed by atoms with Crippen LogP contribution in [-0.4, -0.2) is 6.88 Å². The van der Waals surface area contributed by atoms with Crippen LogP contribution in [0.1, 0.15) is 54.4 Å². The summed E-state index contributed by atoms with van der Waals surface area (Å²) < 4.78 is 0. The molecule has 130 valence electrons. The summed E-state index contributed by atoms with van der Waals surface area (Å²) in [6.45, 7) is 14.5. The molecule has 0 aromatic rings. The van der Waals surface area contributed by atoms with Crippen molar-refractivity contribution in [1.82, 2.24) is 0 Å². The van der Waals surface area contributed by atoms with Crippen molar-refractivity contribution in [2.75, 3.05) is 0 Å². The molecule has 4 heteroatoms. The summed E-state index contributed by atoms with van der Waals surface area (Å²) in [5, 5.41) is 0. The van der Waals surface area contributed by atoms with Gasteiger partial charge in [0, 0.05) is 0 Å². The van der Waals surface area contributed by atoms with Crippen LogP contribution in [0.2, 0.25) is 0 Å². The van der Waals surface area contributed by atoms with Crippen molar-refractivity contribution in [3.8, 4) is 0 Å². The van der Waals surface area contributed by atoms with Gasteiger partial charge in [0.2, 0.25) is 0 Å². The Morgan fingerprint density at radius 2 is 1.09 bits per heavy atom. The van der Waals surface area contributed by atoms with Crippen molar-refractivity contribution in [2.24, 2.45) is 0 Å². The summed E-state index contributed by atoms with van der Waals surface area (Å²) >= 11 is 1.58. The molecule has 0 fully saturated rings. The minimum absolute atomic E-state index is 0. The number of hydrogen-bond donors (Lipinski definition) is 0. The summed E-state index contributed by atoms with van der Waals surface area (Å²) in [6, 6.07) is 0. The standard InChI is InChI=1S/2C7H9.C3H7.CH3.2ClH.H2Si.Zr/c2*1-6-4-3-5-7(6)2;1-3-2;;;;;/h2*4H,5H2,1-2H3;3H,1-2H3;1H3;2*1H;1H2;/q4*-1;;;;. The normalized spacial score (nSPS) is 13.1. The molecule has 0 saturated carbocycles. The third-order valence-corrected chi connectivity index (χ3v) is 2.72. The Morgan fingerprint density at radius 1 is 0.864 bits per heavy atom. The van der Waals surface area contributed by atoms with Crippen molar-refractivity contribution >= 4 is 31.7 Å². The first kappa shape index (κ1) is 34.1. The van der Waals surface area contributed by atoms with E-state index < -0.39 is 0 Å². The second-order valence-corrected chi connectivity index (χ2v) is 4.55. The first-order valence-electron chi connectivity index (χ1n) is 6.58. The second kappa shape index (κ2) is 23.9. The predicted octanol–water partition coefficient (Wildman–Crippen LogP) is 5.78. The van der Waals surface area contributed by atoms with Crippen molar-refractivity contribution in [1.29, 1.82) is 0 Å². The Kier molecular flexibility index (Phi) is 37.0. The van der Waals surface area contributed by atoms with E-state index in [1.54, 1.807) is 23.3 Å². The average molecular weight is 439 g/mol. The van der Waals surface area contributed by atoms with Gasteiger partial charge in [-0.15, -0.1) is 51.5 Å². The maximum atomic E-state index is 3.12. The Morgan fingerprint density at radius 3 is 1.14 bits per heavy atom. The molecule has 0 radical (unpaired) electrons. The molecule has 0 N–H and O–H groups in total. The van der Waals surface area contributed by atoms with Gasteiger partial charge in [0.15, 0.2) is 0 Å². The quantitative estimate of drug-likeness (QED) is 0.332. The van der Waals surface area contributed by atoms with E-state index in [1.165, 1.54) is 22.3 Å². The van der Waals surface area contributed by atoms with Crippen molar-refractivity contribution < 1.29 is 23.3 Å². The number of rotatable bonds is 0. The third kappa shape index (κ3) is 18.7. The van der Waals surface area contributed by atoms with E-state index in [9.17, 15) is 0 Å². The Balaban J connectivity index is -0.0000000617. The predicted molar refractivity (Wildman–Crippen MR) is 107 cm³/mol. The van der Waals surface area contributed by atoms with Gasteiger partial charge in [0.1, 0.15) is 0 Å². The van der Waals surface area contributed by atoms with Crippen LogP contribution in [0.5, 0.6) is 0 Å². The van der Waals surface area contributed by atoms with E-state index in [-0.39, 0.29) is 32.2 Å². The molecule has 0 aromatic heterocycles. The molecule has 0 nitrogen and oxygen atoms in total. The molecule has 0 heterocycles. The van der Waals surface area contributed by atoms with E-state index in [4.69, 9.17) is 0 Å². The molecule has 0 amide bonds. The summed E-state index contributed by atoms with van der Waals surface area (Å²) in [6.07, 6.45) is 14.4. The zero-order valence-electron chi connectivity index (χ0n) is 15.2. The van der Waals surface area contributed by atoms with Gasteiger partial charge in [-0.2, -0.15) is 25.0 Å². The second-order valence-electron chi connectivity index (χ2n) is 4.55. The first-order chi connectivity index (χ1) is 9.02. The van der Waals surface area contributed by atoms with Gasteiger partial charge in [-0.05, 0) is 0 Å². The monoisotopic (exact) mass is 436 g/mol. The van der Waals surface area contributed by atoms with Gasteiger partial charge < -0.3 is 13.8 Å². The summed E-state index contributed by atoms with van der Waals surface area (Å²) in [5.74, 6) is 0. The third-order valence-electron chi connectivity index (χ3n) is 2.72. The van der Waals surface area contributed by atoms with Gasteiger partial charge in [-0.1, -0.05) is 13.8 Å². The van der Waals surface area contributed by atoms with Gasteiger partial charge in [-0.3, -0.25) is 12.2 Å². The summed E-state index contributed by atoms with van der Waals surface area (Å²) in [7, 11) is 0. The zero-order valence-corrected chi connectivity index (χ0v) is 20.7. The molecule has 2 aliphatic carbocycles. The molecule has 0 saturated heterocycles. The van der Waals surface area contributed by atoms with Crippen LogP contribution < -0.4 is 0 Å². The van der Waals surface area contributed by atoms with Crippen LogP contribution in [-0.2, 0) is 23.3 Å². The van der Waals surface area contributed by atoms with Crippen molar-refractivity contribution in [3.05, 3.63) is 60.4 Å². The van der Waals surface area contributed by atoms with Crippen molar-refractivity contribution in [2.45, 2.75) is 54.4 Å². The van der Waals surface area contributed by atoms with E-state index in [2.05, 4.69) is 52.0 Å². The summed E-state index contributed by atoms with van der Waals surface area (Å²) in [5.41, 5.74) is 5.69. The van der Waals surface area contributed by atoms with Gasteiger partial charge in [0.25, 0.3) is 0 Å². The average Bonchev–Trinajstić information content (AvgIpc) is 2.94. The molecule has 2 rings (SSSR count). The molecule has 0 bridgehead atoms. The topological polar surface area (TPSA) is 0 Å². The fraction of sp³-hybridized carbons (Fsp3) is 0.444. The van der Waals surface area contributed by atoms with Gasteiger partial charge in [-0.25, -0.2) is 23.3 Å². The van der Waals surface area contributed by atoms with E-state index >= 15 is 0 Å². The van der Waals surface area contributed by atoms with E-state index in [1.807, 2.05) is 27.1 Å². The Hall–Kier alpha value is 0.640.